The van der Waals surface area contributed by atoms with Crippen LogP contribution in [0.5, 0.6) is 0 Å². The van der Waals surface area contributed by atoms with Crippen LogP contribution < -0.4 is 5.32 Å². The Morgan fingerprint density at radius 1 is 1.85 bits per heavy atom. The highest BCUT2D eigenvalue weighted by Crippen LogP contribution is 2.26. The molecule has 1 unspecified atom stereocenters. The summed E-state index contributed by atoms with van der Waals surface area (Å²) in [7, 11) is 0. The quantitative estimate of drug-likeness (QED) is 0.629. The van der Waals surface area contributed by atoms with Gasteiger partial charge in [0, 0.05) is 0 Å². The van der Waals surface area contributed by atoms with Crippen LogP contribution in [-0.4, -0.2) is 24.7 Å². The van der Waals surface area contributed by atoms with Gasteiger partial charge in [-0.2, -0.15) is 5.26 Å². The van der Waals surface area contributed by atoms with E-state index >= 15 is 0 Å². The molecular weight excluding hydrogens is 168 g/mol. The minimum absolute atomic E-state index is 0.272. The smallest absolute Gasteiger partial charge is 0.327 e. The maximum atomic E-state index is 11.5. The number of rotatable bonds is 2. The van der Waals surface area contributed by atoms with Gasteiger partial charge in [0.2, 0.25) is 0 Å². The number of carbonyl (C=O) groups excluding carboxylic acids is 1. The lowest BCUT2D eigenvalue weighted by molar-refractivity contribution is -0.150. The number of hydrogen-bond acceptors (Lipinski definition) is 4. The lowest BCUT2D eigenvalue weighted by Gasteiger charge is -2.24. The fourth-order valence-corrected chi connectivity index (χ4v) is 1.58. The first kappa shape index (κ1) is 10.0. The van der Waals surface area contributed by atoms with Gasteiger partial charge >= 0.3 is 5.97 Å². The minimum Gasteiger partial charge on any atom is -0.465 e. The lowest BCUT2D eigenvalue weighted by Crippen LogP contribution is -2.50. The van der Waals surface area contributed by atoms with Crippen molar-refractivity contribution in [3.63, 3.8) is 0 Å². The summed E-state index contributed by atoms with van der Waals surface area (Å²) >= 11 is 0. The first-order valence-corrected chi connectivity index (χ1v) is 4.47. The van der Waals surface area contributed by atoms with E-state index in [0.29, 0.717) is 19.6 Å². The van der Waals surface area contributed by atoms with E-state index in [1.807, 2.05) is 0 Å². The van der Waals surface area contributed by atoms with Crippen molar-refractivity contribution >= 4 is 5.97 Å². The lowest BCUT2D eigenvalue weighted by atomic mass is 9.89. The van der Waals surface area contributed by atoms with Crippen LogP contribution in [0.2, 0.25) is 0 Å². The van der Waals surface area contributed by atoms with E-state index in [2.05, 4.69) is 11.4 Å². The number of hydrogen-bond donors (Lipinski definition) is 1. The maximum Gasteiger partial charge on any atom is 0.327 e. The second kappa shape index (κ2) is 3.75. The molecule has 0 spiro atoms. The Hall–Kier alpha value is -1.08. The SMILES string of the molecule is CCOC(=O)[C@]1(C)NCCC1C#N. The van der Waals surface area contributed by atoms with Gasteiger partial charge in [-0.25, -0.2) is 0 Å². The third kappa shape index (κ3) is 1.65. The molecule has 1 heterocycles. The summed E-state index contributed by atoms with van der Waals surface area (Å²) in [5.74, 6) is -0.592. The van der Waals surface area contributed by atoms with Gasteiger partial charge in [0.1, 0.15) is 5.54 Å². The molecule has 1 fully saturated rings. The predicted molar refractivity (Wildman–Crippen MR) is 46.8 cm³/mol. The Labute approximate surface area is 77.9 Å². The second-order valence-corrected chi connectivity index (χ2v) is 3.32. The van der Waals surface area contributed by atoms with Crippen LogP contribution >= 0.6 is 0 Å². The zero-order valence-electron chi connectivity index (χ0n) is 7.96. The highest BCUT2D eigenvalue weighted by molar-refractivity contribution is 5.81. The van der Waals surface area contributed by atoms with Crippen LogP contribution in [0.25, 0.3) is 0 Å². The number of carbonyl (C=O) groups is 1. The molecule has 1 N–H and O–H groups in total. The van der Waals surface area contributed by atoms with Crippen molar-refractivity contribution in [3.8, 4) is 6.07 Å². The number of esters is 1. The molecule has 1 aliphatic heterocycles. The van der Waals surface area contributed by atoms with Gasteiger partial charge in [-0.3, -0.25) is 4.79 Å². The molecule has 0 saturated carbocycles. The summed E-state index contributed by atoms with van der Waals surface area (Å²) in [4.78, 5) is 11.5. The number of nitriles is 1. The Balaban J connectivity index is 2.74. The van der Waals surface area contributed by atoms with Gasteiger partial charge in [0.25, 0.3) is 0 Å². The Morgan fingerprint density at radius 3 is 3.08 bits per heavy atom. The number of nitrogens with zero attached hydrogens (tertiary/aromatic N) is 1. The summed E-state index contributed by atoms with van der Waals surface area (Å²) in [5.41, 5.74) is -0.801. The highest BCUT2D eigenvalue weighted by atomic mass is 16.5. The summed E-state index contributed by atoms with van der Waals surface area (Å²) in [6.07, 6.45) is 0.714. The summed E-state index contributed by atoms with van der Waals surface area (Å²) in [6.45, 7) is 4.55. The third-order valence-corrected chi connectivity index (χ3v) is 2.48. The van der Waals surface area contributed by atoms with Gasteiger partial charge in [-0.05, 0) is 26.8 Å². The average molecular weight is 182 g/mol. The summed E-state index contributed by atoms with van der Waals surface area (Å²) < 4.78 is 4.91. The van der Waals surface area contributed by atoms with Crippen LogP contribution in [0.1, 0.15) is 20.3 Å². The number of ether oxygens (including phenoxy) is 1. The van der Waals surface area contributed by atoms with Crippen molar-refractivity contribution in [1.29, 1.82) is 5.26 Å². The van der Waals surface area contributed by atoms with E-state index in [-0.39, 0.29) is 11.9 Å². The van der Waals surface area contributed by atoms with Gasteiger partial charge in [-0.15, -0.1) is 0 Å². The van der Waals surface area contributed by atoms with Gasteiger partial charge in [0.15, 0.2) is 0 Å². The van der Waals surface area contributed by atoms with Crippen molar-refractivity contribution in [2.45, 2.75) is 25.8 Å². The van der Waals surface area contributed by atoms with E-state index in [0.717, 1.165) is 0 Å². The van der Waals surface area contributed by atoms with E-state index in [1.165, 1.54) is 0 Å². The Kier molecular flexibility index (Phi) is 2.89. The highest BCUT2D eigenvalue weighted by Gasteiger charge is 2.46. The van der Waals surface area contributed by atoms with Crippen LogP contribution in [-0.2, 0) is 9.53 Å². The Bertz CT molecular complexity index is 246. The summed E-state index contributed by atoms with van der Waals surface area (Å²) in [6, 6.07) is 2.13. The molecule has 0 aromatic carbocycles. The largest absolute Gasteiger partial charge is 0.465 e. The normalized spacial score (nSPS) is 32.5. The van der Waals surface area contributed by atoms with E-state index in [4.69, 9.17) is 10.00 Å². The molecule has 0 aromatic rings. The van der Waals surface area contributed by atoms with Crippen molar-refractivity contribution in [3.05, 3.63) is 0 Å². The third-order valence-electron chi connectivity index (χ3n) is 2.48. The van der Waals surface area contributed by atoms with Crippen LogP contribution in [0.3, 0.4) is 0 Å². The van der Waals surface area contributed by atoms with Crippen molar-refractivity contribution in [1.82, 2.24) is 5.32 Å². The molecule has 0 bridgehead atoms. The van der Waals surface area contributed by atoms with E-state index in [1.54, 1.807) is 13.8 Å². The fourth-order valence-electron chi connectivity index (χ4n) is 1.58. The van der Waals surface area contributed by atoms with Crippen molar-refractivity contribution < 1.29 is 9.53 Å². The first-order chi connectivity index (χ1) is 6.15. The molecule has 4 nitrogen and oxygen atoms in total. The zero-order chi connectivity index (χ0) is 9.90. The van der Waals surface area contributed by atoms with Crippen LogP contribution in [0.4, 0.5) is 0 Å². The Morgan fingerprint density at radius 2 is 2.54 bits per heavy atom. The maximum absolute atomic E-state index is 11.5. The van der Waals surface area contributed by atoms with Crippen LogP contribution in [0, 0.1) is 17.2 Å². The van der Waals surface area contributed by atoms with Gasteiger partial charge < -0.3 is 10.1 Å². The molecule has 0 amide bonds. The minimum atomic E-state index is -0.801. The number of nitrogens with one attached hydrogen (secondary N) is 1. The van der Waals surface area contributed by atoms with E-state index in [9.17, 15) is 4.79 Å². The zero-order valence-corrected chi connectivity index (χ0v) is 7.96. The predicted octanol–water partition coefficient (Wildman–Crippen LogP) is 0.441. The molecule has 4 heteroatoms. The van der Waals surface area contributed by atoms with Crippen molar-refractivity contribution in [2.24, 2.45) is 5.92 Å². The van der Waals surface area contributed by atoms with Crippen molar-refractivity contribution in [2.75, 3.05) is 13.2 Å². The molecule has 0 aromatic heterocycles. The molecule has 72 valence electrons. The monoisotopic (exact) mass is 182 g/mol. The molecule has 2 atom stereocenters. The summed E-state index contributed by atoms with van der Waals surface area (Å²) in [5, 5.41) is 11.8. The first-order valence-electron chi connectivity index (χ1n) is 4.47. The molecule has 0 radical (unpaired) electrons. The molecule has 13 heavy (non-hydrogen) atoms. The second-order valence-electron chi connectivity index (χ2n) is 3.32. The van der Waals surface area contributed by atoms with E-state index < -0.39 is 5.54 Å². The molecule has 0 aliphatic carbocycles. The topological polar surface area (TPSA) is 62.1 Å². The average Bonchev–Trinajstić information content (AvgIpc) is 2.48. The van der Waals surface area contributed by atoms with Crippen LogP contribution in [0.15, 0.2) is 0 Å². The molecule has 1 aliphatic rings. The molecular formula is C9H14N2O2. The fraction of sp³-hybridized carbons (Fsp3) is 0.778. The van der Waals surface area contributed by atoms with Gasteiger partial charge in [0.05, 0.1) is 18.6 Å². The molecule has 1 saturated heterocycles. The van der Waals surface area contributed by atoms with Gasteiger partial charge in [-0.1, -0.05) is 0 Å². The molecule has 1 rings (SSSR count). The standard InChI is InChI=1S/C9H14N2O2/c1-3-13-8(12)9(2)7(6-10)4-5-11-9/h7,11H,3-5H2,1-2H3/t7?,9-/m1/s1.